The van der Waals surface area contributed by atoms with Gasteiger partial charge in [0, 0.05) is 37.9 Å². The van der Waals surface area contributed by atoms with E-state index in [0.717, 1.165) is 6.42 Å². The minimum Gasteiger partial charge on any atom is -0.481 e. The molecule has 1 heterocycles. The van der Waals surface area contributed by atoms with Crippen LogP contribution in [0.3, 0.4) is 0 Å². The molecule has 1 fully saturated rings. The van der Waals surface area contributed by atoms with Crippen LogP contribution in [-0.4, -0.2) is 54.2 Å². The third-order valence-corrected chi connectivity index (χ3v) is 7.21. The number of carboxylic acids is 1. The molecule has 2 unspecified atom stereocenters. The number of fused-ring (bicyclic) bond motifs is 3. The number of carbonyl (C=O) groups excluding carboxylic acids is 2. The molecular formula is C28H34N2O5. The number of amides is 2. The summed E-state index contributed by atoms with van der Waals surface area (Å²) in [5.74, 6) is -0.489. The standard InChI is InChI=1S/C28H34N2O5/c1-19(27(33)30-16-14-20(17-30)12-13-26(31)32)7-6-15-29-28(34)35-18-25-23-10-4-2-8-21(23)22-9-3-5-11-24(22)25/h2-5,8-11,19-20,25H,6-7,12-18H2,1H3,(H,29,34)(H,31,32). The van der Waals surface area contributed by atoms with Crippen molar-refractivity contribution in [1.29, 1.82) is 0 Å². The van der Waals surface area contributed by atoms with Gasteiger partial charge < -0.3 is 20.1 Å². The number of nitrogens with zero attached hydrogens (tertiary/aromatic N) is 1. The maximum Gasteiger partial charge on any atom is 0.407 e. The van der Waals surface area contributed by atoms with Gasteiger partial charge in [-0.3, -0.25) is 9.59 Å². The molecule has 1 aliphatic carbocycles. The summed E-state index contributed by atoms with van der Waals surface area (Å²) in [5, 5.41) is 11.7. The highest BCUT2D eigenvalue weighted by Crippen LogP contribution is 2.44. The smallest absolute Gasteiger partial charge is 0.407 e. The zero-order valence-electron chi connectivity index (χ0n) is 20.2. The molecule has 1 saturated heterocycles. The van der Waals surface area contributed by atoms with Gasteiger partial charge in [-0.2, -0.15) is 0 Å². The summed E-state index contributed by atoms with van der Waals surface area (Å²) in [4.78, 5) is 37.6. The molecule has 2 N–H and O–H groups in total. The Hall–Kier alpha value is -3.35. The summed E-state index contributed by atoms with van der Waals surface area (Å²) in [6.45, 7) is 4.00. The third kappa shape index (κ3) is 6.02. The molecule has 186 valence electrons. The first kappa shape index (κ1) is 24.8. The number of nitrogens with one attached hydrogen (secondary N) is 1. The van der Waals surface area contributed by atoms with E-state index in [1.807, 2.05) is 36.1 Å². The van der Waals surface area contributed by atoms with Crippen molar-refractivity contribution < 1.29 is 24.2 Å². The fourth-order valence-corrected chi connectivity index (χ4v) is 5.28. The lowest BCUT2D eigenvalue weighted by Gasteiger charge is -2.21. The number of hydrogen-bond acceptors (Lipinski definition) is 4. The van der Waals surface area contributed by atoms with Crippen LogP contribution < -0.4 is 5.32 Å². The maximum atomic E-state index is 12.7. The van der Waals surface area contributed by atoms with Crippen LogP contribution in [0.25, 0.3) is 11.1 Å². The van der Waals surface area contributed by atoms with E-state index in [9.17, 15) is 14.4 Å². The van der Waals surface area contributed by atoms with Crippen LogP contribution in [0.5, 0.6) is 0 Å². The molecule has 4 rings (SSSR count). The quantitative estimate of drug-likeness (QED) is 0.485. The highest BCUT2D eigenvalue weighted by molar-refractivity contribution is 5.79. The Labute approximate surface area is 206 Å². The molecule has 0 bridgehead atoms. The van der Waals surface area contributed by atoms with Gasteiger partial charge in [-0.25, -0.2) is 4.79 Å². The Morgan fingerprint density at radius 2 is 1.74 bits per heavy atom. The van der Waals surface area contributed by atoms with Gasteiger partial charge in [0.1, 0.15) is 6.61 Å². The average molecular weight is 479 g/mol. The van der Waals surface area contributed by atoms with E-state index in [-0.39, 0.29) is 36.7 Å². The van der Waals surface area contributed by atoms with E-state index < -0.39 is 12.1 Å². The van der Waals surface area contributed by atoms with Gasteiger partial charge in [0.2, 0.25) is 5.91 Å². The second kappa shape index (κ2) is 11.4. The van der Waals surface area contributed by atoms with E-state index in [1.54, 1.807) is 0 Å². The fourth-order valence-electron chi connectivity index (χ4n) is 5.28. The lowest BCUT2D eigenvalue weighted by atomic mass is 9.98. The van der Waals surface area contributed by atoms with Crippen LogP contribution in [0.15, 0.2) is 48.5 Å². The van der Waals surface area contributed by atoms with Gasteiger partial charge in [-0.1, -0.05) is 55.5 Å². The lowest BCUT2D eigenvalue weighted by Crippen LogP contribution is -2.34. The number of carbonyl (C=O) groups is 3. The number of carboxylic acid groups (broad SMARTS) is 1. The van der Waals surface area contributed by atoms with Crippen molar-refractivity contribution in [2.24, 2.45) is 11.8 Å². The summed E-state index contributed by atoms with van der Waals surface area (Å²) < 4.78 is 5.56. The summed E-state index contributed by atoms with van der Waals surface area (Å²) in [7, 11) is 0. The van der Waals surface area contributed by atoms with E-state index >= 15 is 0 Å². The lowest BCUT2D eigenvalue weighted by molar-refractivity contribution is -0.137. The van der Waals surface area contributed by atoms with Crippen molar-refractivity contribution >= 4 is 18.0 Å². The van der Waals surface area contributed by atoms with Crippen LogP contribution in [0.2, 0.25) is 0 Å². The number of rotatable bonds is 10. The largest absolute Gasteiger partial charge is 0.481 e. The molecule has 0 aromatic heterocycles. The molecule has 7 heteroatoms. The highest BCUT2D eigenvalue weighted by Gasteiger charge is 2.30. The second-order valence-electron chi connectivity index (χ2n) is 9.67. The van der Waals surface area contributed by atoms with Crippen molar-refractivity contribution in [3.8, 4) is 11.1 Å². The van der Waals surface area contributed by atoms with Crippen molar-refractivity contribution in [3.63, 3.8) is 0 Å². The predicted octanol–water partition coefficient (Wildman–Crippen LogP) is 4.65. The molecule has 1 aliphatic heterocycles. The number of ether oxygens (including phenoxy) is 1. The molecule has 2 aromatic rings. The first-order chi connectivity index (χ1) is 16.9. The van der Waals surface area contributed by atoms with Gasteiger partial charge >= 0.3 is 12.1 Å². The Balaban J connectivity index is 1.16. The Morgan fingerprint density at radius 1 is 1.09 bits per heavy atom. The molecule has 2 aromatic carbocycles. The monoisotopic (exact) mass is 478 g/mol. The van der Waals surface area contributed by atoms with Gasteiger partial charge in [0.15, 0.2) is 0 Å². The molecular weight excluding hydrogens is 444 g/mol. The van der Waals surface area contributed by atoms with Crippen LogP contribution in [0.4, 0.5) is 4.79 Å². The van der Waals surface area contributed by atoms with Crippen molar-refractivity contribution in [2.75, 3.05) is 26.2 Å². The first-order valence-electron chi connectivity index (χ1n) is 12.5. The van der Waals surface area contributed by atoms with Gasteiger partial charge in [0.05, 0.1) is 0 Å². The zero-order valence-corrected chi connectivity index (χ0v) is 20.2. The van der Waals surface area contributed by atoms with Crippen molar-refractivity contribution in [1.82, 2.24) is 10.2 Å². The molecule has 0 radical (unpaired) electrons. The summed E-state index contributed by atoms with van der Waals surface area (Å²) >= 11 is 0. The van der Waals surface area contributed by atoms with E-state index in [4.69, 9.17) is 9.84 Å². The molecule has 7 nitrogen and oxygen atoms in total. The number of aliphatic carboxylic acids is 1. The van der Waals surface area contributed by atoms with Crippen LogP contribution in [0.1, 0.15) is 56.1 Å². The Kier molecular flexibility index (Phi) is 8.06. The van der Waals surface area contributed by atoms with E-state index in [1.165, 1.54) is 22.3 Å². The predicted molar refractivity (Wildman–Crippen MR) is 133 cm³/mol. The molecule has 2 aliphatic rings. The molecule has 2 amide bonds. The SMILES string of the molecule is CC(CCCNC(=O)OCC1c2ccccc2-c2ccccc21)C(=O)N1CCC(CCC(=O)O)C1. The van der Waals surface area contributed by atoms with Crippen molar-refractivity contribution in [2.45, 2.75) is 44.9 Å². The van der Waals surface area contributed by atoms with E-state index in [2.05, 4.69) is 29.6 Å². The van der Waals surface area contributed by atoms with E-state index in [0.29, 0.717) is 38.9 Å². The molecule has 35 heavy (non-hydrogen) atoms. The van der Waals surface area contributed by atoms with Crippen molar-refractivity contribution in [3.05, 3.63) is 59.7 Å². The number of likely N-dealkylation sites (tertiary alicyclic amines) is 1. The fraction of sp³-hybridized carbons (Fsp3) is 0.464. The molecule has 0 spiro atoms. The van der Waals surface area contributed by atoms with Gasteiger partial charge in [-0.05, 0) is 53.9 Å². The maximum absolute atomic E-state index is 12.7. The third-order valence-electron chi connectivity index (χ3n) is 7.21. The topological polar surface area (TPSA) is 95.9 Å². The van der Waals surface area contributed by atoms with Gasteiger partial charge in [-0.15, -0.1) is 0 Å². The Bertz CT molecular complexity index is 1020. The summed E-state index contributed by atoms with van der Waals surface area (Å²) in [5.41, 5.74) is 4.76. The molecule has 2 atom stereocenters. The summed E-state index contributed by atoms with van der Waals surface area (Å²) in [6, 6.07) is 16.5. The first-order valence-corrected chi connectivity index (χ1v) is 12.5. The molecule has 0 saturated carbocycles. The summed E-state index contributed by atoms with van der Waals surface area (Å²) in [6.07, 6.45) is 2.58. The normalized spacial score (nSPS) is 17.5. The Morgan fingerprint density at radius 3 is 2.40 bits per heavy atom. The van der Waals surface area contributed by atoms with Gasteiger partial charge in [0.25, 0.3) is 0 Å². The van der Waals surface area contributed by atoms with Crippen LogP contribution in [0, 0.1) is 11.8 Å². The zero-order chi connectivity index (χ0) is 24.8. The average Bonchev–Trinajstić information content (AvgIpc) is 3.46. The number of hydrogen-bond donors (Lipinski definition) is 2. The van der Waals surface area contributed by atoms with Crippen LogP contribution in [-0.2, 0) is 14.3 Å². The highest BCUT2D eigenvalue weighted by atomic mass is 16.5. The minimum atomic E-state index is -0.785. The second-order valence-corrected chi connectivity index (χ2v) is 9.67. The minimum absolute atomic E-state index is 0.0329. The number of alkyl carbamates (subject to hydrolysis) is 1. The number of benzene rings is 2. The van der Waals surface area contributed by atoms with Crippen LogP contribution >= 0.6 is 0 Å².